The molecule has 0 bridgehead atoms. The summed E-state index contributed by atoms with van der Waals surface area (Å²) in [6.07, 6.45) is 3.21. The summed E-state index contributed by atoms with van der Waals surface area (Å²) >= 11 is 0. The molecular weight excluding hydrogens is 233 g/mol. The van der Waals surface area contributed by atoms with Crippen LogP contribution in [0.5, 0.6) is 0 Å². The molecular formula is C13H18FN3O. The number of nitrogens with one attached hydrogen (secondary N) is 1. The lowest BCUT2D eigenvalue weighted by atomic mass is 10.0. The average molecular weight is 251 g/mol. The first-order chi connectivity index (χ1) is 8.61. The van der Waals surface area contributed by atoms with Crippen LogP contribution < -0.4 is 16.8 Å². The van der Waals surface area contributed by atoms with Crippen molar-refractivity contribution < 1.29 is 9.18 Å². The van der Waals surface area contributed by atoms with Crippen molar-refractivity contribution in [3.8, 4) is 0 Å². The van der Waals surface area contributed by atoms with Gasteiger partial charge >= 0.3 is 0 Å². The van der Waals surface area contributed by atoms with E-state index < -0.39 is 11.7 Å². The molecule has 1 aliphatic carbocycles. The zero-order chi connectivity index (χ0) is 13.1. The first kappa shape index (κ1) is 12.8. The van der Waals surface area contributed by atoms with E-state index in [0.29, 0.717) is 18.2 Å². The van der Waals surface area contributed by atoms with Gasteiger partial charge in [0, 0.05) is 11.7 Å². The van der Waals surface area contributed by atoms with Gasteiger partial charge in [-0.2, -0.15) is 0 Å². The molecule has 1 aliphatic rings. The molecule has 1 aromatic rings. The Balaban J connectivity index is 2.20. The van der Waals surface area contributed by atoms with E-state index in [9.17, 15) is 9.18 Å². The summed E-state index contributed by atoms with van der Waals surface area (Å²) < 4.78 is 13.1. The van der Waals surface area contributed by atoms with Gasteiger partial charge in [0.05, 0.1) is 5.56 Å². The van der Waals surface area contributed by atoms with Crippen molar-refractivity contribution in [1.29, 1.82) is 0 Å². The van der Waals surface area contributed by atoms with Gasteiger partial charge in [0.25, 0.3) is 5.91 Å². The molecule has 1 fully saturated rings. The van der Waals surface area contributed by atoms with Crippen LogP contribution in [0.15, 0.2) is 18.2 Å². The summed E-state index contributed by atoms with van der Waals surface area (Å²) in [5, 5.41) is 3.27. The maximum Gasteiger partial charge on any atom is 0.250 e. The van der Waals surface area contributed by atoms with Crippen LogP contribution >= 0.6 is 0 Å². The number of hydrogen-bond acceptors (Lipinski definition) is 3. The van der Waals surface area contributed by atoms with Crippen LogP contribution in [0.1, 0.15) is 29.6 Å². The van der Waals surface area contributed by atoms with Gasteiger partial charge < -0.3 is 16.8 Å². The average Bonchev–Trinajstić information content (AvgIpc) is 2.78. The van der Waals surface area contributed by atoms with Crippen LogP contribution in [0.4, 0.5) is 10.1 Å². The highest BCUT2D eigenvalue weighted by atomic mass is 19.1. The molecule has 0 heterocycles. The van der Waals surface area contributed by atoms with Gasteiger partial charge in [-0.05, 0) is 43.5 Å². The lowest BCUT2D eigenvalue weighted by molar-refractivity contribution is 0.100. The predicted octanol–water partition coefficient (Wildman–Crippen LogP) is 1.46. The number of carbonyl (C=O) groups is 1. The Bertz CT molecular complexity index is 450. The third kappa shape index (κ3) is 2.61. The summed E-state index contributed by atoms with van der Waals surface area (Å²) in [6.45, 7) is 0.616. The van der Waals surface area contributed by atoms with E-state index in [1.807, 2.05) is 0 Å². The minimum atomic E-state index is -0.626. The van der Waals surface area contributed by atoms with Gasteiger partial charge in [-0.25, -0.2) is 4.39 Å². The Morgan fingerprint density at radius 3 is 2.89 bits per heavy atom. The number of primary amides is 1. The van der Waals surface area contributed by atoms with Gasteiger partial charge in [0.1, 0.15) is 5.82 Å². The lowest BCUT2D eigenvalue weighted by Crippen LogP contribution is -2.30. The predicted molar refractivity (Wildman–Crippen MR) is 68.7 cm³/mol. The van der Waals surface area contributed by atoms with Gasteiger partial charge in [0.15, 0.2) is 0 Å². The molecule has 5 heteroatoms. The van der Waals surface area contributed by atoms with Crippen LogP contribution in [0.2, 0.25) is 0 Å². The molecule has 5 N–H and O–H groups in total. The summed E-state index contributed by atoms with van der Waals surface area (Å²) in [5.41, 5.74) is 11.7. The number of rotatable bonds is 4. The molecule has 2 rings (SSSR count). The molecule has 0 saturated heterocycles. The number of nitrogens with two attached hydrogens (primary N) is 2. The minimum absolute atomic E-state index is 0.192. The zero-order valence-electron chi connectivity index (χ0n) is 10.2. The number of benzene rings is 1. The van der Waals surface area contributed by atoms with Gasteiger partial charge in [0.2, 0.25) is 0 Å². The van der Waals surface area contributed by atoms with Crippen LogP contribution in [0, 0.1) is 11.7 Å². The molecule has 0 aromatic heterocycles. The van der Waals surface area contributed by atoms with E-state index in [1.165, 1.54) is 6.07 Å². The molecule has 98 valence electrons. The Labute approximate surface area is 106 Å². The molecule has 0 aliphatic heterocycles. The number of hydrogen-bond donors (Lipinski definition) is 3. The van der Waals surface area contributed by atoms with Crippen molar-refractivity contribution in [1.82, 2.24) is 0 Å². The second-order valence-corrected chi connectivity index (χ2v) is 4.73. The molecule has 2 unspecified atom stereocenters. The van der Waals surface area contributed by atoms with E-state index in [4.69, 9.17) is 11.5 Å². The smallest absolute Gasteiger partial charge is 0.250 e. The summed E-state index contributed by atoms with van der Waals surface area (Å²) in [7, 11) is 0. The summed E-state index contributed by atoms with van der Waals surface area (Å²) in [6, 6.07) is 4.28. The maximum absolute atomic E-state index is 13.1. The van der Waals surface area contributed by atoms with E-state index in [1.54, 1.807) is 6.07 Å². The van der Waals surface area contributed by atoms with E-state index in [0.717, 1.165) is 25.3 Å². The minimum Gasteiger partial charge on any atom is -0.381 e. The highest BCUT2D eigenvalue weighted by molar-refractivity contribution is 5.98. The first-order valence-corrected chi connectivity index (χ1v) is 6.17. The molecule has 1 saturated carbocycles. The topological polar surface area (TPSA) is 81.1 Å². The van der Waals surface area contributed by atoms with Crippen LogP contribution in [-0.2, 0) is 0 Å². The van der Waals surface area contributed by atoms with E-state index >= 15 is 0 Å². The highest BCUT2D eigenvalue weighted by Gasteiger charge is 2.26. The fourth-order valence-corrected chi connectivity index (χ4v) is 2.55. The molecule has 4 nitrogen and oxygen atoms in total. The van der Waals surface area contributed by atoms with Crippen molar-refractivity contribution in [2.75, 3.05) is 11.9 Å². The molecule has 2 atom stereocenters. The maximum atomic E-state index is 13.1. The third-order valence-corrected chi connectivity index (χ3v) is 3.55. The monoisotopic (exact) mass is 251 g/mol. The summed E-state index contributed by atoms with van der Waals surface area (Å²) in [5.74, 6) is -0.689. The van der Waals surface area contributed by atoms with Crippen LogP contribution in [0.3, 0.4) is 0 Å². The van der Waals surface area contributed by atoms with Crippen molar-refractivity contribution in [3.05, 3.63) is 29.6 Å². The highest BCUT2D eigenvalue weighted by Crippen LogP contribution is 2.29. The second kappa shape index (κ2) is 5.35. The third-order valence-electron chi connectivity index (χ3n) is 3.55. The number of amides is 1. The fraction of sp³-hybridized carbons (Fsp3) is 0.462. The standard InChI is InChI=1S/C13H18FN3O/c14-9-4-5-12(10(6-9)13(16)18)17-11-3-1-2-8(11)7-15/h4-6,8,11,17H,1-3,7,15H2,(H2,16,18). The van der Waals surface area contributed by atoms with Crippen molar-refractivity contribution in [2.24, 2.45) is 17.4 Å². The Hall–Kier alpha value is -1.62. The molecule has 18 heavy (non-hydrogen) atoms. The normalized spacial score (nSPS) is 23.0. The second-order valence-electron chi connectivity index (χ2n) is 4.73. The number of halogens is 1. The first-order valence-electron chi connectivity index (χ1n) is 6.17. The van der Waals surface area contributed by atoms with Crippen LogP contribution in [-0.4, -0.2) is 18.5 Å². The van der Waals surface area contributed by atoms with Gasteiger partial charge in [-0.15, -0.1) is 0 Å². The van der Waals surface area contributed by atoms with Crippen molar-refractivity contribution in [2.45, 2.75) is 25.3 Å². The van der Waals surface area contributed by atoms with Crippen molar-refractivity contribution >= 4 is 11.6 Å². The van der Waals surface area contributed by atoms with Crippen molar-refractivity contribution in [3.63, 3.8) is 0 Å². The Morgan fingerprint density at radius 2 is 2.22 bits per heavy atom. The number of carbonyl (C=O) groups excluding carboxylic acids is 1. The molecule has 1 amide bonds. The van der Waals surface area contributed by atoms with Crippen LogP contribution in [0.25, 0.3) is 0 Å². The lowest BCUT2D eigenvalue weighted by Gasteiger charge is -2.22. The fourth-order valence-electron chi connectivity index (χ4n) is 2.55. The zero-order valence-corrected chi connectivity index (χ0v) is 10.2. The largest absolute Gasteiger partial charge is 0.381 e. The Kier molecular flexibility index (Phi) is 3.81. The molecule has 0 spiro atoms. The Morgan fingerprint density at radius 1 is 1.44 bits per heavy atom. The van der Waals surface area contributed by atoms with E-state index in [-0.39, 0.29) is 11.6 Å². The summed E-state index contributed by atoms with van der Waals surface area (Å²) in [4.78, 5) is 11.3. The van der Waals surface area contributed by atoms with Gasteiger partial charge in [-0.3, -0.25) is 4.79 Å². The molecule has 0 radical (unpaired) electrons. The molecule has 1 aromatic carbocycles. The number of anilines is 1. The SMILES string of the molecule is NCC1CCCC1Nc1ccc(F)cc1C(N)=O. The quantitative estimate of drug-likeness (QED) is 0.757. The van der Waals surface area contributed by atoms with E-state index in [2.05, 4.69) is 5.32 Å². The van der Waals surface area contributed by atoms with Gasteiger partial charge in [-0.1, -0.05) is 6.42 Å².